The lowest BCUT2D eigenvalue weighted by atomic mass is 10.1. The number of thioether (sulfide) groups is 1. The molecule has 2 amide bonds. The molecule has 0 radical (unpaired) electrons. The summed E-state index contributed by atoms with van der Waals surface area (Å²) in [5, 5.41) is 14.0. The van der Waals surface area contributed by atoms with Crippen molar-refractivity contribution in [1.82, 2.24) is 5.32 Å². The predicted octanol–water partition coefficient (Wildman–Crippen LogP) is 2.54. The minimum Gasteiger partial charge on any atom is -0.478 e. The standard InChI is InChI=1S/C13H15FN2O3S/c14-10-3-1-2-9(12(17)18)11(10)16-13(19)15-8-4-6-20-7-5-8/h1-3,8H,4-7H2,(H,17,18)(H2,15,16,19). The molecule has 1 saturated heterocycles. The minimum absolute atomic E-state index is 0.0521. The molecule has 0 atom stereocenters. The molecule has 0 bridgehead atoms. The predicted molar refractivity (Wildman–Crippen MR) is 75.9 cm³/mol. The Morgan fingerprint density at radius 1 is 1.30 bits per heavy atom. The smallest absolute Gasteiger partial charge is 0.337 e. The van der Waals surface area contributed by atoms with Crippen LogP contribution >= 0.6 is 11.8 Å². The molecule has 2 rings (SSSR count). The zero-order chi connectivity index (χ0) is 14.5. The van der Waals surface area contributed by atoms with Gasteiger partial charge in [-0.25, -0.2) is 14.0 Å². The highest BCUT2D eigenvalue weighted by Crippen LogP contribution is 2.20. The Hall–Kier alpha value is -1.76. The molecule has 0 aromatic heterocycles. The summed E-state index contributed by atoms with van der Waals surface area (Å²) in [6, 6.07) is 3.13. The Bertz CT molecular complexity index is 518. The van der Waals surface area contributed by atoms with E-state index in [1.165, 1.54) is 12.1 Å². The lowest BCUT2D eigenvalue weighted by Gasteiger charge is -2.22. The van der Waals surface area contributed by atoms with Crippen LogP contribution in [0.15, 0.2) is 18.2 Å². The molecule has 1 aliphatic rings. The number of carboxylic acid groups (broad SMARTS) is 1. The van der Waals surface area contributed by atoms with Crippen molar-refractivity contribution in [3.8, 4) is 0 Å². The molecule has 0 unspecified atom stereocenters. The van der Waals surface area contributed by atoms with Gasteiger partial charge in [0, 0.05) is 6.04 Å². The monoisotopic (exact) mass is 298 g/mol. The van der Waals surface area contributed by atoms with Gasteiger partial charge in [0.15, 0.2) is 0 Å². The number of carbonyl (C=O) groups excluding carboxylic acids is 1. The van der Waals surface area contributed by atoms with Gasteiger partial charge in [0.05, 0.1) is 11.3 Å². The molecular formula is C13H15FN2O3S. The van der Waals surface area contributed by atoms with E-state index < -0.39 is 17.8 Å². The molecule has 1 aromatic carbocycles. The number of anilines is 1. The molecule has 0 saturated carbocycles. The van der Waals surface area contributed by atoms with Crippen LogP contribution in [-0.2, 0) is 0 Å². The van der Waals surface area contributed by atoms with Gasteiger partial charge in [-0.2, -0.15) is 11.8 Å². The van der Waals surface area contributed by atoms with Crippen molar-refractivity contribution in [3.63, 3.8) is 0 Å². The number of nitrogens with one attached hydrogen (secondary N) is 2. The maximum Gasteiger partial charge on any atom is 0.337 e. The number of halogens is 1. The Labute approximate surface area is 119 Å². The van der Waals surface area contributed by atoms with Crippen molar-refractivity contribution in [2.45, 2.75) is 18.9 Å². The van der Waals surface area contributed by atoms with E-state index in [1.54, 1.807) is 0 Å². The summed E-state index contributed by atoms with van der Waals surface area (Å²) in [7, 11) is 0. The Morgan fingerprint density at radius 3 is 2.65 bits per heavy atom. The lowest BCUT2D eigenvalue weighted by Crippen LogP contribution is -2.40. The van der Waals surface area contributed by atoms with Crippen LogP contribution in [0.2, 0.25) is 0 Å². The van der Waals surface area contributed by atoms with Crippen LogP contribution in [0.1, 0.15) is 23.2 Å². The van der Waals surface area contributed by atoms with Crippen molar-refractivity contribution in [1.29, 1.82) is 0 Å². The number of rotatable bonds is 3. The Kier molecular flexibility index (Phi) is 4.84. The summed E-state index contributed by atoms with van der Waals surface area (Å²) in [5.41, 5.74) is -0.568. The first kappa shape index (κ1) is 14.6. The van der Waals surface area contributed by atoms with E-state index in [2.05, 4.69) is 10.6 Å². The summed E-state index contributed by atoms with van der Waals surface area (Å²) < 4.78 is 13.6. The van der Waals surface area contributed by atoms with Crippen LogP contribution in [0.4, 0.5) is 14.9 Å². The number of carbonyl (C=O) groups is 2. The number of hydrogen-bond donors (Lipinski definition) is 3. The van der Waals surface area contributed by atoms with Gasteiger partial charge in [-0.3, -0.25) is 0 Å². The fraction of sp³-hybridized carbons (Fsp3) is 0.385. The third-order valence-electron chi connectivity index (χ3n) is 3.04. The largest absolute Gasteiger partial charge is 0.478 e. The number of amides is 2. The van der Waals surface area contributed by atoms with Gasteiger partial charge in [-0.05, 0) is 36.5 Å². The number of para-hydroxylation sites is 1. The molecule has 5 nitrogen and oxygen atoms in total. The van der Waals surface area contributed by atoms with Crippen molar-refractivity contribution in [2.75, 3.05) is 16.8 Å². The average molecular weight is 298 g/mol. The quantitative estimate of drug-likeness (QED) is 0.801. The molecule has 108 valence electrons. The van der Waals surface area contributed by atoms with Gasteiger partial charge in [0.2, 0.25) is 0 Å². The molecule has 0 spiro atoms. The first-order valence-electron chi connectivity index (χ1n) is 6.25. The third kappa shape index (κ3) is 3.63. The molecule has 1 aromatic rings. The number of benzene rings is 1. The molecule has 7 heteroatoms. The highest BCUT2D eigenvalue weighted by molar-refractivity contribution is 7.99. The minimum atomic E-state index is -1.28. The van der Waals surface area contributed by atoms with Crippen LogP contribution in [0.25, 0.3) is 0 Å². The topological polar surface area (TPSA) is 78.4 Å². The molecule has 3 N–H and O–H groups in total. The maximum atomic E-state index is 13.6. The number of urea groups is 1. The fourth-order valence-electron chi connectivity index (χ4n) is 2.01. The van der Waals surface area contributed by atoms with Crippen LogP contribution in [0, 0.1) is 5.82 Å². The van der Waals surface area contributed by atoms with Gasteiger partial charge in [0.1, 0.15) is 5.82 Å². The first-order chi connectivity index (χ1) is 9.58. The van der Waals surface area contributed by atoms with E-state index in [9.17, 15) is 14.0 Å². The summed E-state index contributed by atoms with van der Waals surface area (Å²) >= 11 is 1.83. The zero-order valence-electron chi connectivity index (χ0n) is 10.7. The molecule has 20 heavy (non-hydrogen) atoms. The second-order valence-electron chi connectivity index (χ2n) is 4.45. The van der Waals surface area contributed by atoms with Crippen molar-refractivity contribution in [3.05, 3.63) is 29.6 Å². The van der Waals surface area contributed by atoms with Crippen LogP contribution in [0.5, 0.6) is 0 Å². The second-order valence-corrected chi connectivity index (χ2v) is 5.68. The van der Waals surface area contributed by atoms with Crippen LogP contribution < -0.4 is 10.6 Å². The SMILES string of the molecule is O=C(Nc1c(F)cccc1C(=O)O)NC1CCSCC1. The van der Waals surface area contributed by atoms with Gasteiger partial charge in [0.25, 0.3) is 0 Å². The van der Waals surface area contributed by atoms with Gasteiger partial charge >= 0.3 is 12.0 Å². The van der Waals surface area contributed by atoms with Crippen molar-refractivity contribution < 1.29 is 19.1 Å². The van der Waals surface area contributed by atoms with E-state index in [1.807, 2.05) is 11.8 Å². The summed E-state index contributed by atoms with van der Waals surface area (Å²) in [6.07, 6.45) is 1.72. The number of hydrogen-bond acceptors (Lipinski definition) is 3. The van der Waals surface area contributed by atoms with E-state index in [0.717, 1.165) is 30.4 Å². The van der Waals surface area contributed by atoms with Gasteiger partial charge in [-0.1, -0.05) is 6.07 Å². The molecular weight excluding hydrogens is 283 g/mol. The van der Waals surface area contributed by atoms with E-state index in [4.69, 9.17) is 5.11 Å². The zero-order valence-corrected chi connectivity index (χ0v) is 11.5. The van der Waals surface area contributed by atoms with Crippen LogP contribution in [0.3, 0.4) is 0 Å². The highest BCUT2D eigenvalue weighted by atomic mass is 32.2. The second kappa shape index (κ2) is 6.60. The van der Waals surface area contributed by atoms with Crippen molar-refractivity contribution in [2.24, 2.45) is 0 Å². The Morgan fingerprint density at radius 2 is 2.00 bits per heavy atom. The van der Waals surface area contributed by atoms with Gasteiger partial charge < -0.3 is 15.7 Å². The normalized spacial score (nSPS) is 15.7. The summed E-state index contributed by atoms with van der Waals surface area (Å²) in [5.74, 6) is -0.0936. The third-order valence-corrected chi connectivity index (χ3v) is 4.09. The average Bonchev–Trinajstić information content (AvgIpc) is 2.42. The molecule has 1 heterocycles. The Balaban J connectivity index is 2.05. The summed E-state index contributed by atoms with van der Waals surface area (Å²) in [6.45, 7) is 0. The van der Waals surface area contributed by atoms with E-state index in [0.29, 0.717) is 0 Å². The summed E-state index contributed by atoms with van der Waals surface area (Å²) in [4.78, 5) is 22.8. The molecule has 1 fully saturated rings. The number of carboxylic acids is 1. The molecule has 0 aliphatic carbocycles. The lowest BCUT2D eigenvalue weighted by molar-refractivity contribution is 0.0697. The van der Waals surface area contributed by atoms with Gasteiger partial charge in [-0.15, -0.1) is 0 Å². The van der Waals surface area contributed by atoms with Crippen LogP contribution in [-0.4, -0.2) is 34.7 Å². The van der Waals surface area contributed by atoms with E-state index in [-0.39, 0.29) is 17.3 Å². The van der Waals surface area contributed by atoms with E-state index >= 15 is 0 Å². The highest BCUT2D eigenvalue weighted by Gasteiger charge is 2.19. The maximum absolute atomic E-state index is 13.6. The van der Waals surface area contributed by atoms with Crippen molar-refractivity contribution >= 4 is 29.4 Å². The fourth-order valence-corrected chi connectivity index (χ4v) is 3.11. The molecule has 1 aliphatic heterocycles. The number of aromatic carboxylic acids is 1. The first-order valence-corrected chi connectivity index (χ1v) is 7.40.